The van der Waals surface area contributed by atoms with Crippen LogP contribution in [0.3, 0.4) is 0 Å². The number of nitrogens with zero attached hydrogens (tertiary/aromatic N) is 3. The second-order valence-corrected chi connectivity index (χ2v) is 4.32. The lowest BCUT2D eigenvalue weighted by Crippen LogP contribution is -2.30. The van der Waals surface area contributed by atoms with Crippen LogP contribution in [0.25, 0.3) is 0 Å². The van der Waals surface area contributed by atoms with Gasteiger partial charge in [-0.1, -0.05) is 27.3 Å². The van der Waals surface area contributed by atoms with E-state index >= 15 is 0 Å². The Morgan fingerprint density at radius 1 is 1.75 bits per heavy atom. The number of alkyl halides is 1. The van der Waals surface area contributed by atoms with Gasteiger partial charge in [0.1, 0.15) is 5.51 Å². The van der Waals surface area contributed by atoms with E-state index in [1.165, 1.54) is 12.8 Å². The van der Waals surface area contributed by atoms with Crippen molar-refractivity contribution in [2.75, 3.05) is 16.8 Å². The Bertz CT molecular complexity index is 239. The molecule has 0 amide bonds. The number of aromatic nitrogens is 2. The van der Waals surface area contributed by atoms with Gasteiger partial charge < -0.3 is 4.90 Å². The first-order valence-corrected chi connectivity index (χ1v) is 6.00. The van der Waals surface area contributed by atoms with Crippen LogP contribution in [0.1, 0.15) is 12.8 Å². The molecular formula is C7H10BrN3S. The summed E-state index contributed by atoms with van der Waals surface area (Å²) in [7, 11) is 0. The summed E-state index contributed by atoms with van der Waals surface area (Å²) in [5.41, 5.74) is 1.79. The summed E-state index contributed by atoms with van der Waals surface area (Å²) in [5.74, 6) is 0. The standard InChI is InChI=1S/C7H10BrN3S/c8-4-6-2-1-3-11(6)7-10-9-5-12-7/h5-6H,1-4H2. The van der Waals surface area contributed by atoms with E-state index in [1.807, 2.05) is 0 Å². The molecule has 5 heteroatoms. The van der Waals surface area contributed by atoms with Gasteiger partial charge in [0, 0.05) is 17.9 Å². The minimum absolute atomic E-state index is 0.623. The smallest absolute Gasteiger partial charge is 0.208 e. The molecule has 2 heterocycles. The fourth-order valence-corrected chi connectivity index (χ4v) is 2.87. The molecule has 1 aliphatic rings. The molecule has 0 N–H and O–H groups in total. The topological polar surface area (TPSA) is 29.0 Å². The first-order chi connectivity index (χ1) is 5.92. The van der Waals surface area contributed by atoms with Crippen LogP contribution >= 0.6 is 27.3 Å². The van der Waals surface area contributed by atoms with Gasteiger partial charge >= 0.3 is 0 Å². The maximum Gasteiger partial charge on any atom is 0.208 e. The monoisotopic (exact) mass is 247 g/mol. The number of rotatable bonds is 2. The van der Waals surface area contributed by atoms with Crippen molar-refractivity contribution < 1.29 is 0 Å². The summed E-state index contributed by atoms with van der Waals surface area (Å²) in [6.07, 6.45) is 2.54. The molecule has 66 valence electrons. The minimum Gasteiger partial charge on any atom is -0.343 e. The molecule has 0 aromatic carbocycles. The van der Waals surface area contributed by atoms with Gasteiger partial charge in [0.25, 0.3) is 0 Å². The van der Waals surface area contributed by atoms with E-state index in [2.05, 4.69) is 31.0 Å². The third-order valence-corrected chi connectivity index (χ3v) is 3.62. The van der Waals surface area contributed by atoms with Crippen LogP contribution in [0.2, 0.25) is 0 Å². The molecular weight excluding hydrogens is 238 g/mol. The van der Waals surface area contributed by atoms with Gasteiger partial charge in [-0.15, -0.1) is 10.2 Å². The largest absolute Gasteiger partial charge is 0.343 e. The average molecular weight is 248 g/mol. The third kappa shape index (κ3) is 1.47. The zero-order valence-electron chi connectivity index (χ0n) is 6.61. The van der Waals surface area contributed by atoms with Crippen molar-refractivity contribution in [2.24, 2.45) is 0 Å². The molecule has 1 atom stereocenters. The van der Waals surface area contributed by atoms with E-state index in [4.69, 9.17) is 0 Å². The number of halogens is 1. The van der Waals surface area contributed by atoms with Crippen LogP contribution in [0.5, 0.6) is 0 Å². The molecule has 1 fully saturated rings. The highest BCUT2D eigenvalue weighted by Crippen LogP contribution is 2.26. The highest BCUT2D eigenvalue weighted by molar-refractivity contribution is 9.09. The quantitative estimate of drug-likeness (QED) is 0.748. The first kappa shape index (κ1) is 8.44. The fourth-order valence-electron chi connectivity index (χ4n) is 1.54. The minimum atomic E-state index is 0.623. The van der Waals surface area contributed by atoms with Crippen molar-refractivity contribution in [3.8, 4) is 0 Å². The summed E-state index contributed by atoms with van der Waals surface area (Å²) < 4.78 is 0. The Morgan fingerprint density at radius 3 is 3.33 bits per heavy atom. The molecule has 0 spiro atoms. The molecule has 1 aromatic rings. The second kappa shape index (κ2) is 3.70. The molecule has 1 unspecified atom stereocenters. The van der Waals surface area contributed by atoms with Crippen LogP contribution in [0, 0.1) is 0 Å². The van der Waals surface area contributed by atoms with Crippen LogP contribution in [0.4, 0.5) is 5.13 Å². The molecule has 0 saturated carbocycles. The molecule has 12 heavy (non-hydrogen) atoms. The maximum atomic E-state index is 4.07. The van der Waals surface area contributed by atoms with E-state index < -0.39 is 0 Å². The van der Waals surface area contributed by atoms with Crippen molar-refractivity contribution >= 4 is 32.4 Å². The van der Waals surface area contributed by atoms with Crippen molar-refractivity contribution in [2.45, 2.75) is 18.9 Å². The van der Waals surface area contributed by atoms with Gasteiger partial charge in [0.15, 0.2) is 0 Å². The number of anilines is 1. The van der Waals surface area contributed by atoms with Gasteiger partial charge in [-0.3, -0.25) is 0 Å². The normalized spacial score (nSPS) is 23.4. The molecule has 0 aliphatic carbocycles. The zero-order valence-corrected chi connectivity index (χ0v) is 9.01. The number of hydrogen-bond acceptors (Lipinski definition) is 4. The van der Waals surface area contributed by atoms with Crippen LogP contribution < -0.4 is 4.90 Å². The SMILES string of the molecule is BrCC1CCCN1c1nncs1. The lowest BCUT2D eigenvalue weighted by atomic mass is 10.2. The summed E-state index contributed by atoms with van der Waals surface area (Å²) in [6.45, 7) is 1.13. The Hall–Kier alpha value is -0.160. The molecule has 2 rings (SSSR count). The first-order valence-electron chi connectivity index (χ1n) is 4.00. The van der Waals surface area contributed by atoms with Crippen LogP contribution in [-0.4, -0.2) is 28.1 Å². The molecule has 1 aromatic heterocycles. The average Bonchev–Trinajstić information content (AvgIpc) is 2.74. The Labute approximate surface area is 83.9 Å². The Kier molecular flexibility index (Phi) is 2.60. The third-order valence-electron chi connectivity index (χ3n) is 2.15. The zero-order chi connectivity index (χ0) is 8.39. The molecule has 0 bridgehead atoms. The maximum absolute atomic E-state index is 4.07. The molecule has 1 saturated heterocycles. The Morgan fingerprint density at radius 2 is 2.67 bits per heavy atom. The summed E-state index contributed by atoms with van der Waals surface area (Å²) in [4.78, 5) is 2.34. The van der Waals surface area contributed by atoms with Crippen molar-refractivity contribution in [3.63, 3.8) is 0 Å². The van der Waals surface area contributed by atoms with Gasteiger partial charge in [-0.2, -0.15) is 0 Å². The van der Waals surface area contributed by atoms with Gasteiger partial charge in [0.05, 0.1) is 0 Å². The van der Waals surface area contributed by atoms with E-state index in [0.29, 0.717) is 6.04 Å². The summed E-state index contributed by atoms with van der Waals surface area (Å²) in [6, 6.07) is 0.623. The molecule has 0 radical (unpaired) electrons. The van der Waals surface area contributed by atoms with Crippen molar-refractivity contribution in [3.05, 3.63) is 5.51 Å². The van der Waals surface area contributed by atoms with Crippen LogP contribution in [0.15, 0.2) is 5.51 Å². The van der Waals surface area contributed by atoms with E-state index in [9.17, 15) is 0 Å². The Balaban J connectivity index is 2.13. The highest BCUT2D eigenvalue weighted by Gasteiger charge is 2.25. The van der Waals surface area contributed by atoms with Gasteiger partial charge in [0.2, 0.25) is 5.13 Å². The lowest BCUT2D eigenvalue weighted by molar-refractivity contribution is 0.743. The van der Waals surface area contributed by atoms with E-state index in [0.717, 1.165) is 17.0 Å². The van der Waals surface area contributed by atoms with E-state index in [1.54, 1.807) is 16.8 Å². The predicted octanol–water partition coefficient (Wildman–Crippen LogP) is 1.90. The number of hydrogen-bond donors (Lipinski definition) is 0. The van der Waals surface area contributed by atoms with Gasteiger partial charge in [-0.05, 0) is 12.8 Å². The van der Waals surface area contributed by atoms with Crippen molar-refractivity contribution in [1.29, 1.82) is 0 Å². The van der Waals surface area contributed by atoms with Gasteiger partial charge in [-0.25, -0.2) is 0 Å². The molecule has 3 nitrogen and oxygen atoms in total. The summed E-state index contributed by atoms with van der Waals surface area (Å²) in [5, 5.41) is 10.0. The van der Waals surface area contributed by atoms with Crippen molar-refractivity contribution in [1.82, 2.24) is 10.2 Å². The predicted molar refractivity (Wildman–Crippen MR) is 54.1 cm³/mol. The van der Waals surface area contributed by atoms with E-state index in [-0.39, 0.29) is 0 Å². The lowest BCUT2D eigenvalue weighted by Gasteiger charge is -2.20. The van der Waals surface area contributed by atoms with Crippen LogP contribution in [-0.2, 0) is 0 Å². The fraction of sp³-hybridized carbons (Fsp3) is 0.714. The summed E-state index contributed by atoms with van der Waals surface area (Å²) >= 11 is 5.14. The molecule has 1 aliphatic heterocycles. The second-order valence-electron chi connectivity index (χ2n) is 2.87. The highest BCUT2D eigenvalue weighted by atomic mass is 79.9.